The highest BCUT2D eigenvalue weighted by Gasteiger charge is 2.08. The van der Waals surface area contributed by atoms with E-state index in [1.165, 1.54) is 11.5 Å². The topological polar surface area (TPSA) is 84.9 Å². The lowest BCUT2D eigenvalue weighted by atomic mass is 10.2. The monoisotopic (exact) mass is 289 g/mol. The number of nitrogens with one attached hydrogen (secondary N) is 1. The highest BCUT2D eigenvalue weighted by atomic mass is 32.1. The maximum absolute atomic E-state index is 5.78. The van der Waals surface area contributed by atoms with Crippen LogP contribution in [0.1, 0.15) is 11.1 Å². The molecule has 2 aromatic rings. The fraction of sp³-hybridized carbons (Fsp3) is 0.154. The third-order valence-corrected chi connectivity index (χ3v) is 3.31. The molecule has 20 heavy (non-hydrogen) atoms. The molecule has 0 saturated carbocycles. The average Bonchev–Trinajstić information content (AvgIpc) is 2.85. The number of para-hydroxylation sites is 1. The summed E-state index contributed by atoms with van der Waals surface area (Å²) in [6.45, 7) is 6.10. The second-order valence-electron chi connectivity index (χ2n) is 4.02. The Bertz CT molecular complexity index is 623. The summed E-state index contributed by atoms with van der Waals surface area (Å²) in [5, 5.41) is 10.6. The van der Waals surface area contributed by atoms with Crippen molar-refractivity contribution in [1.82, 2.24) is 4.37 Å². The molecule has 0 saturated heterocycles. The Balaban J connectivity index is 2.02. The minimum absolute atomic E-state index is 0.355. The van der Waals surface area contributed by atoms with Gasteiger partial charge in [-0.1, -0.05) is 30.0 Å². The second-order valence-corrected chi connectivity index (χ2v) is 4.82. The Hall–Kier alpha value is -2.41. The number of aromatic nitrogens is 1. The van der Waals surface area contributed by atoms with Crippen molar-refractivity contribution in [3.8, 4) is 5.75 Å². The Kier molecular flexibility index (Phi) is 4.67. The lowest BCUT2D eigenvalue weighted by Gasteiger charge is -2.09. The van der Waals surface area contributed by atoms with Crippen LogP contribution >= 0.6 is 11.5 Å². The summed E-state index contributed by atoms with van der Waals surface area (Å²) in [6.07, 6.45) is 1.75. The van der Waals surface area contributed by atoms with Gasteiger partial charge in [0, 0.05) is 11.8 Å². The van der Waals surface area contributed by atoms with Crippen LogP contribution in [-0.4, -0.2) is 4.37 Å². The molecule has 0 aliphatic rings. The molecule has 0 atom stereocenters. The van der Waals surface area contributed by atoms with Gasteiger partial charge in [-0.15, -0.1) is 5.11 Å². The van der Waals surface area contributed by atoms with Crippen molar-refractivity contribution in [3.63, 3.8) is 0 Å². The summed E-state index contributed by atoms with van der Waals surface area (Å²) >= 11 is 1.30. The highest BCUT2D eigenvalue weighted by molar-refractivity contribution is 7.10. The first kappa shape index (κ1) is 14.0. The van der Waals surface area contributed by atoms with Crippen LogP contribution in [-0.2, 0) is 6.61 Å². The molecular weight excluding hydrogens is 274 g/mol. The van der Waals surface area contributed by atoms with Gasteiger partial charge >= 0.3 is 0 Å². The summed E-state index contributed by atoms with van der Waals surface area (Å²) in [4.78, 5) is 0. The van der Waals surface area contributed by atoms with Crippen LogP contribution in [0.2, 0.25) is 0 Å². The molecule has 1 aromatic heterocycles. The van der Waals surface area contributed by atoms with E-state index in [4.69, 9.17) is 10.6 Å². The molecule has 104 valence electrons. The summed E-state index contributed by atoms with van der Waals surface area (Å²) in [5.41, 5.74) is 2.01. The number of benzene rings is 1. The van der Waals surface area contributed by atoms with Crippen LogP contribution in [0, 0.1) is 6.92 Å². The molecule has 0 bridgehead atoms. The average molecular weight is 289 g/mol. The maximum Gasteiger partial charge on any atom is 0.148 e. The summed E-state index contributed by atoms with van der Waals surface area (Å²) in [5.74, 6) is 6.18. The van der Waals surface area contributed by atoms with Gasteiger partial charge in [0.05, 0.1) is 0 Å². The van der Waals surface area contributed by atoms with E-state index >= 15 is 0 Å². The van der Waals surface area contributed by atoms with Gasteiger partial charge in [0.2, 0.25) is 0 Å². The quantitative estimate of drug-likeness (QED) is 0.485. The third kappa shape index (κ3) is 3.55. The molecule has 1 aromatic carbocycles. The van der Waals surface area contributed by atoms with Crippen molar-refractivity contribution in [3.05, 3.63) is 54.0 Å². The number of hydrogen-bond donors (Lipinski definition) is 2. The maximum atomic E-state index is 5.78. The van der Waals surface area contributed by atoms with Crippen LogP contribution in [0.4, 0.5) is 5.00 Å². The van der Waals surface area contributed by atoms with Gasteiger partial charge in [-0.25, -0.2) is 0 Å². The van der Waals surface area contributed by atoms with Gasteiger partial charge in [0.1, 0.15) is 23.2 Å². The standard InChI is InChI=1S/C13H15N5OS/c1-9-5-3-4-6-12(9)19-8-11-7-15-20-13(11)16-10(2)17-18-14/h3-7,16H,2,8H2,1H3,(H2,14,17). The van der Waals surface area contributed by atoms with Crippen LogP contribution in [0.3, 0.4) is 0 Å². The fourth-order valence-electron chi connectivity index (χ4n) is 1.57. The SMILES string of the molecule is C=C(N=NN)Nc1sncc1COc1ccccc1C. The van der Waals surface area contributed by atoms with Gasteiger partial charge in [-0.2, -0.15) is 4.37 Å². The smallest absolute Gasteiger partial charge is 0.148 e. The van der Waals surface area contributed by atoms with Crippen LogP contribution in [0.15, 0.2) is 53.2 Å². The molecule has 0 fully saturated rings. The molecular formula is C13H15N5OS. The number of anilines is 1. The Morgan fingerprint density at radius 1 is 1.50 bits per heavy atom. The van der Waals surface area contributed by atoms with E-state index in [2.05, 4.69) is 26.6 Å². The Morgan fingerprint density at radius 2 is 2.30 bits per heavy atom. The fourth-order valence-corrected chi connectivity index (χ4v) is 2.24. The van der Waals surface area contributed by atoms with E-state index < -0.39 is 0 Å². The minimum atomic E-state index is 0.355. The van der Waals surface area contributed by atoms with Gasteiger partial charge in [0.25, 0.3) is 0 Å². The molecule has 0 radical (unpaired) electrons. The lowest BCUT2D eigenvalue weighted by Crippen LogP contribution is -2.01. The van der Waals surface area contributed by atoms with E-state index in [1.54, 1.807) is 6.20 Å². The van der Waals surface area contributed by atoms with E-state index in [1.807, 2.05) is 31.2 Å². The number of nitrogens with two attached hydrogens (primary N) is 1. The predicted molar refractivity (Wildman–Crippen MR) is 79.4 cm³/mol. The van der Waals surface area contributed by atoms with Crippen molar-refractivity contribution in [2.75, 3.05) is 5.32 Å². The predicted octanol–water partition coefficient (Wildman–Crippen LogP) is 3.24. The summed E-state index contributed by atoms with van der Waals surface area (Å²) in [7, 11) is 0. The van der Waals surface area contributed by atoms with Gasteiger partial charge < -0.3 is 15.9 Å². The zero-order valence-corrected chi connectivity index (χ0v) is 11.9. The first-order valence-electron chi connectivity index (χ1n) is 5.89. The largest absolute Gasteiger partial charge is 0.488 e. The molecule has 0 spiro atoms. The number of nitrogens with zero attached hydrogens (tertiary/aromatic N) is 3. The number of rotatable bonds is 6. The van der Waals surface area contributed by atoms with Gasteiger partial charge in [-0.05, 0) is 30.1 Å². The zero-order chi connectivity index (χ0) is 14.4. The summed E-state index contributed by atoms with van der Waals surface area (Å²) < 4.78 is 9.91. The molecule has 0 unspecified atom stereocenters. The Morgan fingerprint density at radius 3 is 3.05 bits per heavy atom. The normalized spacial score (nSPS) is 10.7. The number of hydrogen-bond acceptors (Lipinski definition) is 6. The minimum Gasteiger partial charge on any atom is -0.488 e. The second kappa shape index (κ2) is 6.67. The van der Waals surface area contributed by atoms with E-state index in [0.717, 1.165) is 21.9 Å². The first-order valence-corrected chi connectivity index (χ1v) is 6.67. The number of ether oxygens (including phenoxy) is 1. The molecule has 6 nitrogen and oxygen atoms in total. The molecule has 0 aliphatic carbocycles. The molecule has 1 heterocycles. The van der Waals surface area contributed by atoms with Crippen molar-refractivity contribution < 1.29 is 4.74 Å². The molecule has 2 rings (SSSR count). The van der Waals surface area contributed by atoms with Gasteiger partial charge in [-0.3, -0.25) is 0 Å². The number of aryl methyl sites for hydroxylation is 1. The van der Waals surface area contributed by atoms with E-state index in [0.29, 0.717) is 12.4 Å². The van der Waals surface area contributed by atoms with Crippen LogP contribution < -0.4 is 15.9 Å². The van der Waals surface area contributed by atoms with E-state index in [9.17, 15) is 0 Å². The molecule has 0 aliphatic heterocycles. The Labute approximate surface area is 121 Å². The van der Waals surface area contributed by atoms with E-state index in [-0.39, 0.29) is 0 Å². The molecule has 0 amide bonds. The van der Waals surface area contributed by atoms with Crippen molar-refractivity contribution in [1.29, 1.82) is 0 Å². The van der Waals surface area contributed by atoms with Crippen molar-refractivity contribution in [2.24, 2.45) is 16.2 Å². The van der Waals surface area contributed by atoms with Gasteiger partial charge in [0.15, 0.2) is 0 Å². The van der Waals surface area contributed by atoms with Crippen LogP contribution in [0.5, 0.6) is 5.75 Å². The van der Waals surface area contributed by atoms with Crippen molar-refractivity contribution >= 4 is 16.5 Å². The molecule has 7 heteroatoms. The molecule has 3 N–H and O–H groups in total. The highest BCUT2D eigenvalue weighted by Crippen LogP contribution is 2.25. The van der Waals surface area contributed by atoms with Crippen molar-refractivity contribution in [2.45, 2.75) is 13.5 Å². The first-order chi connectivity index (χ1) is 9.70. The lowest BCUT2D eigenvalue weighted by molar-refractivity contribution is 0.305. The summed E-state index contributed by atoms with van der Waals surface area (Å²) in [6, 6.07) is 7.85. The third-order valence-electron chi connectivity index (χ3n) is 2.56. The van der Waals surface area contributed by atoms with Crippen LogP contribution in [0.25, 0.3) is 0 Å². The zero-order valence-electron chi connectivity index (χ0n) is 11.0.